The lowest BCUT2D eigenvalue weighted by molar-refractivity contribution is 0.553. The van der Waals surface area contributed by atoms with Crippen LogP contribution in [0.15, 0.2) is 202 Å². The van der Waals surface area contributed by atoms with Gasteiger partial charge in [-0.15, -0.1) is 11.3 Å². The Bertz CT molecular complexity index is 2970. The van der Waals surface area contributed by atoms with Gasteiger partial charge in [0.25, 0.3) is 0 Å². The number of hydrogen-bond donors (Lipinski definition) is 0. The van der Waals surface area contributed by atoms with Crippen molar-refractivity contribution in [1.82, 2.24) is 0 Å². The number of amidine groups is 1. The predicted octanol–water partition coefficient (Wildman–Crippen LogP) is 16.2. The van der Waals surface area contributed by atoms with Crippen molar-refractivity contribution in [1.29, 1.82) is 0 Å². The van der Waals surface area contributed by atoms with Crippen LogP contribution in [0.5, 0.6) is 0 Å². The van der Waals surface area contributed by atoms with Crippen LogP contribution in [0.4, 0.5) is 0 Å². The maximum Gasteiger partial charge on any atom is 0.154 e. The molecule has 4 heteroatoms. The quantitative estimate of drug-likeness (QED) is 0.0525. The molecule has 1 unspecified atom stereocenters. The molecular weight excluding hydrogens is 749 g/mol. The number of nitrogens with zero attached hydrogens (tertiary/aromatic N) is 2. The van der Waals surface area contributed by atoms with Gasteiger partial charge in [0.1, 0.15) is 11.2 Å². The van der Waals surface area contributed by atoms with Crippen LogP contribution in [0.3, 0.4) is 0 Å². The third kappa shape index (κ3) is 8.26. The van der Waals surface area contributed by atoms with E-state index in [9.17, 15) is 0 Å². The van der Waals surface area contributed by atoms with Crippen LogP contribution in [-0.4, -0.2) is 18.6 Å². The maximum atomic E-state index is 6.90. The lowest BCUT2D eigenvalue weighted by Crippen LogP contribution is -2.16. The monoisotopic (exact) mass is 800 g/mol. The Balaban J connectivity index is 1.27. The number of benzene rings is 5. The second kappa shape index (κ2) is 18.3. The Kier molecular flexibility index (Phi) is 12.3. The average molecular weight is 801 g/mol. The number of allylic oxidation sites excluding steroid dienone is 12. The van der Waals surface area contributed by atoms with Gasteiger partial charge >= 0.3 is 0 Å². The summed E-state index contributed by atoms with van der Waals surface area (Å²) in [5.41, 5.74) is 10.2. The molecule has 7 aromatic rings. The Morgan fingerprint density at radius 1 is 0.817 bits per heavy atom. The average Bonchev–Trinajstić information content (AvgIpc) is 3.87. The van der Waals surface area contributed by atoms with Gasteiger partial charge in [-0.2, -0.15) is 0 Å². The number of unbranched alkanes of at least 4 members (excludes halogenated alkanes) is 1. The summed E-state index contributed by atoms with van der Waals surface area (Å²) in [5.74, 6) is 0.676. The third-order valence-corrected chi connectivity index (χ3v) is 12.6. The van der Waals surface area contributed by atoms with Crippen molar-refractivity contribution in [2.45, 2.75) is 53.4 Å². The van der Waals surface area contributed by atoms with E-state index >= 15 is 0 Å². The fraction of sp³-hybridized carbons (Fsp3) is 0.179. The molecule has 0 spiro atoms. The molecule has 0 saturated heterocycles. The number of para-hydroxylation sites is 1. The zero-order chi connectivity index (χ0) is 41.5. The topological polar surface area (TPSA) is 37.9 Å². The van der Waals surface area contributed by atoms with E-state index in [1.807, 2.05) is 24.5 Å². The molecule has 2 heterocycles. The van der Waals surface area contributed by atoms with Crippen molar-refractivity contribution >= 4 is 70.6 Å². The first-order valence-corrected chi connectivity index (χ1v) is 22.0. The summed E-state index contributed by atoms with van der Waals surface area (Å²) in [6.45, 7) is 8.65. The summed E-state index contributed by atoms with van der Waals surface area (Å²) in [5, 5.41) is 4.67. The van der Waals surface area contributed by atoms with E-state index in [4.69, 9.17) is 14.4 Å². The van der Waals surface area contributed by atoms with Crippen molar-refractivity contribution in [3.05, 3.63) is 198 Å². The first-order chi connectivity index (χ1) is 29.4. The molecule has 1 aliphatic rings. The summed E-state index contributed by atoms with van der Waals surface area (Å²) in [6, 6.07) is 38.7. The number of fused-ring (bicyclic) bond motifs is 6. The number of hydrogen-bond acceptors (Lipinski definition) is 3. The first-order valence-electron chi connectivity index (χ1n) is 21.1. The summed E-state index contributed by atoms with van der Waals surface area (Å²) in [6.07, 6.45) is 28.5. The standard InChI is InChI=1S/C56H52N2OS/c1-6-9-19-36-56(4)37-34-42(35-38-56)52(58-55(57-5)39(8-3)22-13-14-25-40(21-7-2)41-23-11-10-12-24-41)48-33-32-44(53-51(48)47-27-15-17-30-49(47)59-53)46-29-20-28-45-43-26-16-18-31-50(43)60-54(45)46/h7-8,10-13,15-37H,6,9,14,38H2,1-5H3/b21-7-,22-13-,36-19-,39-8+,40-25+,57-55?,58-52?. The van der Waals surface area contributed by atoms with Crippen molar-refractivity contribution in [3.8, 4) is 11.1 Å². The van der Waals surface area contributed by atoms with E-state index in [0.717, 1.165) is 75.6 Å². The highest BCUT2D eigenvalue weighted by Gasteiger charge is 2.26. The molecule has 0 aliphatic heterocycles. The van der Waals surface area contributed by atoms with E-state index < -0.39 is 0 Å². The largest absolute Gasteiger partial charge is 0.455 e. The maximum absolute atomic E-state index is 6.90. The molecule has 1 aliphatic carbocycles. The first kappa shape index (κ1) is 40.4. The number of thiophene rings is 1. The molecule has 0 amide bonds. The van der Waals surface area contributed by atoms with E-state index in [1.54, 1.807) is 0 Å². The van der Waals surface area contributed by atoms with E-state index in [1.165, 1.54) is 36.9 Å². The van der Waals surface area contributed by atoms with Gasteiger partial charge in [-0.1, -0.05) is 178 Å². The molecule has 0 saturated carbocycles. The molecule has 60 heavy (non-hydrogen) atoms. The lowest BCUT2D eigenvalue weighted by Gasteiger charge is -2.25. The van der Waals surface area contributed by atoms with Gasteiger partial charge in [-0.3, -0.25) is 4.99 Å². The second-order valence-corrected chi connectivity index (χ2v) is 16.6. The zero-order valence-corrected chi connectivity index (χ0v) is 36.1. The molecular formula is C56H52N2OS. The molecule has 0 bridgehead atoms. The van der Waals surface area contributed by atoms with Gasteiger partial charge in [0.2, 0.25) is 0 Å². The van der Waals surface area contributed by atoms with Crippen molar-refractivity contribution in [2.75, 3.05) is 7.05 Å². The molecule has 0 fully saturated rings. The summed E-state index contributed by atoms with van der Waals surface area (Å²) < 4.78 is 9.44. The fourth-order valence-electron chi connectivity index (χ4n) is 8.17. The highest BCUT2D eigenvalue weighted by atomic mass is 32.1. The van der Waals surface area contributed by atoms with Crippen LogP contribution in [0, 0.1) is 5.41 Å². The molecule has 0 N–H and O–H groups in total. The molecule has 0 radical (unpaired) electrons. The minimum absolute atomic E-state index is 0.0633. The molecule has 3 nitrogen and oxygen atoms in total. The van der Waals surface area contributed by atoms with Crippen molar-refractivity contribution in [3.63, 3.8) is 0 Å². The highest BCUT2D eigenvalue weighted by Crippen LogP contribution is 2.45. The number of aliphatic imine (C=N–C) groups is 2. The Morgan fingerprint density at radius 3 is 2.37 bits per heavy atom. The van der Waals surface area contributed by atoms with Gasteiger partial charge in [0.05, 0.1) is 5.71 Å². The minimum atomic E-state index is -0.0633. The molecule has 2 aromatic heterocycles. The van der Waals surface area contributed by atoms with Crippen LogP contribution in [-0.2, 0) is 0 Å². The summed E-state index contributed by atoms with van der Waals surface area (Å²) in [7, 11) is 1.84. The van der Waals surface area contributed by atoms with Crippen LogP contribution in [0.25, 0.3) is 58.8 Å². The molecule has 298 valence electrons. The van der Waals surface area contributed by atoms with E-state index in [0.29, 0.717) is 5.84 Å². The molecule has 8 rings (SSSR count). The summed E-state index contributed by atoms with van der Waals surface area (Å²) >= 11 is 1.84. The Labute approximate surface area is 358 Å². The predicted molar refractivity (Wildman–Crippen MR) is 263 cm³/mol. The van der Waals surface area contributed by atoms with Crippen LogP contribution < -0.4 is 0 Å². The number of furan rings is 1. The highest BCUT2D eigenvalue weighted by molar-refractivity contribution is 7.26. The fourth-order valence-corrected chi connectivity index (χ4v) is 9.40. The second-order valence-electron chi connectivity index (χ2n) is 15.6. The van der Waals surface area contributed by atoms with Crippen LogP contribution in [0.2, 0.25) is 0 Å². The van der Waals surface area contributed by atoms with E-state index in [2.05, 4.69) is 198 Å². The summed E-state index contributed by atoms with van der Waals surface area (Å²) in [4.78, 5) is 10.4. The van der Waals surface area contributed by atoms with Gasteiger partial charge in [0.15, 0.2) is 5.84 Å². The van der Waals surface area contributed by atoms with Crippen LogP contribution >= 0.6 is 11.3 Å². The van der Waals surface area contributed by atoms with Gasteiger partial charge < -0.3 is 4.42 Å². The smallest absolute Gasteiger partial charge is 0.154 e. The normalized spacial score (nSPS) is 17.2. The van der Waals surface area contributed by atoms with Gasteiger partial charge in [-0.05, 0) is 68.0 Å². The number of rotatable bonds is 12. The Morgan fingerprint density at radius 2 is 1.60 bits per heavy atom. The van der Waals surface area contributed by atoms with Gasteiger partial charge in [-0.25, -0.2) is 4.99 Å². The molecule has 5 aromatic carbocycles. The lowest BCUT2D eigenvalue weighted by atomic mass is 9.79. The van der Waals surface area contributed by atoms with Crippen molar-refractivity contribution in [2.24, 2.45) is 15.4 Å². The van der Waals surface area contributed by atoms with E-state index in [-0.39, 0.29) is 5.41 Å². The Hall–Kier alpha value is -6.36. The van der Waals surface area contributed by atoms with Gasteiger partial charge in [0, 0.05) is 65.7 Å². The zero-order valence-electron chi connectivity index (χ0n) is 35.3. The third-order valence-electron chi connectivity index (χ3n) is 11.3. The minimum Gasteiger partial charge on any atom is -0.455 e. The molecule has 1 atom stereocenters. The van der Waals surface area contributed by atoms with Crippen molar-refractivity contribution < 1.29 is 4.42 Å². The van der Waals surface area contributed by atoms with Crippen LogP contribution in [0.1, 0.15) is 64.5 Å². The SMILES string of the molecule is C/C=C\C(=C/C/C=C\C(=C/C)C(=NC)N=C(C1=CCC(C)(/C=C\CCC)C=C1)c1ccc(-c2cccc3c2sc2ccccc23)c2oc3ccccc3c12)c1ccccc1.